The molecule has 0 aliphatic rings. The molecule has 0 heterocycles. The maximum atomic E-state index is 12.1. The van der Waals surface area contributed by atoms with Crippen LogP contribution in [-0.2, 0) is 16.1 Å². The summed E-state index contributed by atoms with van der Waals surface area (Å²) in [5.41, 5.74) is 3.01. The van der Waals surface area contributed by atoms with Crippen molar-refractivity contribution < 1.29 is 9.59 Å². The largest absolute Gasteiger partial charge is 0.352 e. The Morgan fingerprint density at radius 3 is 2.19 bits per heavy atom. The van der Waals surface area contributed by atoms with E-state index in [1.165, 1.54) is 12.5 Å². The van der Waals surface area contributed by atoms with Gasteiger partial charge < -0.3 is 10.2 Å². The summed E-state index contributed by atoms with van der Waals surface area (Å²) in [7, 11) is 0. The van der Waals surface area contributed by atoms with Crippen LogP contribution in [0.1, 0.15) is 44.2 Å². The van der Waals surface area contributed by atoms with E-state index in [9.17, 15) is 9.59 Å². The van der Waals surface area contributed by atoms with E-state index < -0.39 is 0 Å². The van der Waals surface area contributed by atoms with Gasteiger partial charge in [0.25, 0.3) is 0 Å². The van der Waals surface area contributed by atoms with Gasteiger partial charge in [0, 0.05) is 37.1 Å². The second-order valence-electron chi connectivity index (χ2n) is 6.57. The molecule has 0 fully saturated rings. The van der Waals surface area contributed by atoms with Crippen molar-refractivity contribution in [3.63, 3.8) is 0 Å². The number of halogens is 1. The minimum atomic E-state index is -0.0926. The highest BCUT2D eigenvalue weighted by molar-refractivity contribution is 6.30. The Bertz CT molecular complexity index is 740. The summed E-state index contributed by atoms with van der Waals surface area (Å²) in [6, 6.07) is 15.3. The molecule has 0 aliphatic heterocycles. The molecule has 2 amide bonds. The van der Waals surface area contributed by atoms with E-state index in [4.69, 9.17) is 11.6 Å². The molecule has 0 aromatic heterocycles. The van der Waals surface area contributed by atoms with Crippen molar-refractivity contribution in [3.8, 4) is 0 Å². The lowest BCUT2D eigenvalue weighted by Gasteiger charge is -2.21. The number of carbonyl (C=O) groups excluding carboxylic acids is 2. The molecule has 1 N–H and O–H groups in total. The number of carbonyl (C=O) groups is 2. The van der Waals surface area contributed by atoms with Crippen molar-refractivity contribution >= 4 is 29.1 Å². The fourth-order valence-electron chi connectivity index (χ4n) is 2.61. The molecule has 0 atom stereocenters. The van der Waals surface area contributed by atoms with Crippen LogP contribution in [0.5, 0.6) is 0 Å². The van der Waals surface area contributed by atoms with Gasteiger partial charge in [0.15, 0.2) is 0 Å². The van der Waals surface area contributed by atoms with Crippen LogP contribution in [0.15, 0.2) is 48.5 Å². The van der Waals surface area contributed by atoms with Crippen LogP contribution < -0.4 is 10.2 Å². The molecule has 2 aromatic carbocycles. The van der Waals surface area contributed by atoms with E-state index in [-0.39, 0.29) is 18.2 Å². The molecular formula is C21H25ClN2O2. The molecular weight excluding hydrogens is 348 g/mol. The zero-order chi connectivity index (χ0) is 19.1. The number of rotatable bonds is 7. The highest BCUT2D eigenvalue weighted by atomic mass is 35.5. The quantitative estimate of drug-likeness (QED) is 0.776. The summed E-state index contributed by atoms with van der Waals surface area (Å²) < 4.78 is 0. The number of anilines is 1. The number of hydrogen-bond donors (Lipinski definition) is 1. The minimum Gasteiger partial charge on any atom is -0.352 e. The standard InChI is InChI=1S/C21H25ClN2O2/c1-15(2)18-6-10-20(11-7-18)24(16(3)25)13-12-21(26)23-14-17-4-8-19(22)9-5-17/h4-11,15H,12-14H2,1-3H3,(H,23,26). The lowest BCUT2D eigenvalue weighted by molar-refractivity contribution is -0.121. The van der Waals surface area contributed by atoms with Gasteiger partial charge in [-0.3, -0.25) is 9.59 Å². The number of benzene rings is 2. The molecule has 0 aliphatic carbocycles. The van der Waals surface area contributed by atoms with Gasteiger partial charge in [0.05, 0.1) is 0 Å². The minimum absolute atomic E-state index is 0.0761. The van der Waals surface area contributed by atoms with Crippen molar-refractivity contribution in [3.05, 3.63) is 64.7 Å². The van der Waals surface area contributed by atoms with Crippen molar-refractivity contribution in [2.24, 2.45) is 0 Å². The first-order valence-electron chi connectivity index (χ1n) is 8.76. The molecule has 0 saturated heterocycles. The fraction of sp³-hybridized carbons (Fsp3) is 0.333. The third kappa shape index (κ3) is 5.88. The Hall–Kier alpha value is -2.33. The van der Waals surface area contributed by atoms with E-state index >= 15 is 0 Å². The zero-order valence-corrected chi connectivity index (χ0v) is 16.2. The third-order valence-corrected chi connectivity index (χ3v) is 4.47. The highest BCUT2D eigenvalue weighted by Gasteiger charge is 2.13. The summed E-state index contributed by atoms with van der Waals surface area (Å²) in [6.07, 6.45) is 0.249. The molecule has 0 unspecified atom stereocenters. The van der Waals surface area contributed by atoms with E-state index in [0.29, 0.717) is 24.0 Å². The Balaban J connectivity index is 1.90. The zero-order valence-electron chi connectivity index (χ0n) is 15.5. The Morgan fingerprint density at radius 2 is 1.65 bits per heavy atom. The van der Waals surface area contributed by atoms with Crippen LogP contribution in [0.2, 0.25) is 5.02 Å². The van der Waals surface area contributed by atoms with Gasteiger partial charge in [0.1, 0.15) is 0 Å². The predicted molar refractivity (Wildman–Crippen MR) is 106 cm³/mol. The lowest BCUT2D eigenvalue weighted by Crippen LogP contribution is -2.33. The molecule has 0 saturated carbocycles. The van der Waals surface area contributed by atoms with Crippen LogP contribution in [0, 0.1) is 0 Å². The number of hydrogen-bond acceptors (Lipinski definition) is 2. The average Bonchev–Trinajstić information content (AvgIpc) is 2.61. The topological polar surface area (TPSA) is 49.4 Å². The van der Waals surface area contributed by atoms with E-state index in [0.717, 1.165) is 11.3 Å². The smallest absolute Gasteiger partial charge is 0.223 e. The second-order valence-corrected chi connectivity index (χ2v) is 7.01. The molecule has 26 heavy (non-hydrogen) atoms. The molecule has 2 aromatic rings. The first kappa shape index (κ1) is 20.0. The summed E-state index contributed by atoms with van der Waals surface area (Å²) in [5.74, 6) is 0.270. The summed E-state index contributed by atoms with van der Waals surface area (Å²) in [6.45, 7) is 6.56. The average molecular weight is 373 g/mol. The summed E-state index contributed by atoms with van der Waals surface area (Å²) in [4.78, 5) is 25.7. The maximum Gasteiger partial charge on any atom is 0.223 e. The summed E-state index contributed by atoms with van der Waals surface area (Å²) in [5, 5.41) is 3.54. The normalized spacial score (nSPS) is 10.7. The van der Waals surface area contributed by atoms with Gasteiger partial charge in [0.2, 0.25) is 11.8 Å². The monoisotopic (exact) mass is 372 g/mol. The second kappa shape index (κ2) is 9.39. The van der Waals surface area contributed by atoms with Gasteiger partial charge in [-0.25, -0.2) is 0 Å². The van der Waals surface area contributed by atoms with Crippen LogP contribution in [-0.4, -0.2) is 18.4 Å². The molecule has 0 bridgehead atoms. The van der Waals surface area contributed by atoms with Gasteiger partial charge in [-0.15, -0.1) is 0 Å². The van der Waals surface area contributed by atoms with Crippen molar-refractivity contribution in [1.82, 2.24) is 5.32 Å². The van der Waals surface area contributed by atoms with Crippen molar-refractivity contribution in [1.29, 1.82) is 0 Å². The van der Waals surface area contributed by atoms with Gasteiger partial charge in [-0.05, 0) is 41.3 Å². The predicted octanol–water partition coefficient (Wildman–Crippen LogP) is 4.52. The Morgan fingerprint density at radius 1 is 1.04 bits per heavy atom. The summed E-state index contributed by atoms with van der Waals surface area (Å²) >= 11 is 5.85. The number of nitrogens with one attached hydrogen (secondary N) is 1. The SMILES string of the molecule is CC(=O)N(CCC(=O)NCc1ccc(Cl)cc1)c1ccc(C(C)C)cc1. The maximum absolute atomic E-state index is 12.1. The molecule has 2 rings (SSSR count). The third-order valence-electron chi connectivity index (χ3n) is 4.22. The van der Waals surface area contributed by atoms with Crippen LogP contribution >= 0.6 is 11.6 Å². The van der Waals surface area contributed by atoms with Crippen molar-refractivity contribution in [2.75, 3.05) is 11.4 Å². The van der Waals surface area contributed by atoms with Crippen LogP contribution in [0.4, 0.5) is 5.69 Å². The van der Waals surface area contributed by atoms with Gasteiger partial charge in [-0.1, -0.05) is 49.7 Å². The fourth-order valence-corrected chi connectivity index (χ4v) is 2.74. The van der Waals surface area contributed by atoms with E-state index in [1.807, 2.05) is 36.4 Å². The highest BCUT2D eigenvalue weighted by Crippen LogP contribution is 2.20. The van der Waals surface area contributed by atoms with E-state index in [2.05, 4.69) is 19.2 Å². The Kier molecular flexibility index (Phi) is 7.22. The lowest BCUT2D eigenvalue weighted by atomic mass is 10.0. The van der Waals surface area contributed by atoms with Gasteiger partial charge in [-0.2, -0.15) is 0 Å². The molecule has 5 heteroatoms. The Labute approximate surface area is 160 Å². The van der Waals surface area contributed by atoms with Gasteiger partial charge >= 0.3 is 0 Å². The molecule has 138 valence electrons. The molecule has 0 spiro atoms. The molecule has 0 radical (unpaired) electrons. The van der Waals surface area contributed by atoms with Crippen molar-refractivity contribution in [2.45, 2.75) is 39.7 Å². The van der Waals surface area contributed by atoms with Crippen LogP contribution in [0.25, 0.3) is 0 Å². The number of nitrogens with zero attached hydrogens (tertiary/aromatic N) is 1. The molecule has 4 nitrogen and oxygen atoms in total. The number of amides is 2. The van der Waals surface area contributed by atoms with Crippen LogP contribution in [0.3, 0.4) is 0 Å². The van der Waals surface area contributed by atoms with E-state index in [1.54, 1.807) is 17.0 Å². The first-order chi connectivity index (χ1) is 12.4. The first-order valence-corrected chi connectivity index (χ1v) is 9.14.